The van der Waals surface area contributed by atoms with E-state index in [4.69, 9.17) is 5.73 Å². The number of hydrogen-bond acceptors (Lipinski definition) is 3. The van der Waals surface area contributed by atoms with E-state index in [1.807, 2.05) is 0 Å². The summed E-state index contributed by atoms with van der Waals surface area (Å²) in [6, 6.07) is 8.42. The van der Waals surface area contributed by atoms with Crippen molar-refractivity contribution in [2.75, 3.05) is 4.72 Å². The molecule has 0 aromatic heterocycles. The third-order valence-electron chi connectivity index (χ3n) is 2.88. The Labute approximate surface area is 121 Å². The summed E-state index contributed by atoms with van der Waals surface area (Å²) in [6.45, 7) is 1.70. The average molecular weight is 312 g/mol. The van der Waals surface area contributed by atoms with Crippen molar-refractivity contribution in [3.05, 3.63) is 59.7 Å². The number of para-hydroxylation sites is 1. The molecule has 4 nitrogen and oxygen atoms in total. The van der Waals surface area contributed by atoms with Crippen LogP contribution in [0.1, 0.15) is 18.5 Å². The van der Waals surface area contributed by atoms with Gasteiger partial charge in [-0.3, -0.25) is 4.72 Å². The Hall–Kier alpha value is -1.99. The third-order valence-corrected chi connectivity index (χ3v) is 4.28. The molecule has 0 saturated carbocycles. The summed E-state index contributed by atoms with van der Waals surface area (Å²) < 4.78 is 53.1. The maximum Gasteiger partial charge on any atom is 0.264 e. The molecule has 0 aliphatic rings. The number of nitrogens with two attached hydrogens (primary N) is 1. The summed E-state index contributed by atoms with van der Waals surface area (Å²) in [7, 11) is -4.16. The number of anilines is 1. The van der Waals surface area contributed by atoms with Crippen molar-refractivity contribution < 1.29 is 17.2 Å². The summed E-state index contributed by atoms with van der Waals surface area (Å²) in [4.78, 5) is -0.622. The Bertz CT molecular complexity index is 761. The molecule has 0 fully saturated rings. The molecule has 0 saturated heterocycles. The number of rotatable bonds is 4. The van der Waals surface area contributed by atoms with Crippen LogP contribution in [-0.4, -0.2) is 8.42 Å². The highest BCUT2D eigenvalue weighted by Crippen LogP contribution is 2.25. The van der Waals surface area contributed by atoms with E-state index in [0.717, 1.165) is 12.1 Å². The minimum absolute atomic E-state index is 0.260. The summed E-state index contributed by atoms with van der Waals surface area (Å²) in [6.07, 6.45) is 0. The first-order chi connectivity index (χ1) is 9.81. The van der Waals surface area contributed by atoms with E-state index in [9.17, 15) is 17.2 Å². The minimum atomic E-state index is -4.16. The van der Waals surface area contributed by atoms with Gasteiger partial charge in [-0.15, -0.1) is 0 Å². The highest BCUT2D eigenvalue weighted by Gasteiger charge is 2.21. The molecule has 21 heavy (non-hydrogen) atoms. The fourth-order valence-electron chi connectivity index (χ4n) is 1.88. The van der Waals surface area contributed by atoms with Crippen LogP contribution in [0.25, 0.3) is 0 Å². The summed E-state index contributed by atoms with van der Waals surface area (Å²) in [5.41, 5.74) is 6.60. The molecule has 0 aliphatic heterocycles. The van der Waals surface area contributed by atoms with Crippen LogP contribution in [0.5, 0.6) is 0 Å². The van der Waals surface area contributed by atoms with Gasteiger partial charge >= 0.3 is 0 Å². The van der Waals surface area contributed by atoms with Crippen LogP contribution in [0.4, 0.5) is 14.5 Å². The lowest BCUT2D eigenvalue weighted by molar-refractivity contribution is 0.551. The number of hydrogen-bond donors (Lipinski definition) is 2. The lowest BCUT2D eigenvalue weighted by atomic mass is 10.1. The molecule has 0 spiro atoms. The quantitative estimate of drug-likeness (QED) is 0.912. The molecule has 2 rings (SSSR count). The SMILES string of the molecule is CC(N)c1ccccc1NS(=O)(=O)c1ccc(F)cc1F. The van der Waals surface area contributed by atoms with Gasteiger partial charge in [0.1, 0.15) is 16.5 Å². The van der Waals surface area contributed by atoms with Gasteiger partial charge in [-0.05, 0) is 30.7 Å². The van der Waals surface area contributed by atoms with Gasteiger partial charge in [-0.2, -0.15) is 0 Å². The van der Waals surface area contributed by atoms with Gasteiger partial charge in [0, 0.05) is 12.1 Å². The van der Waals surface area contributed by atoms with Crippen LogP contribution in [0.2, 0.25) is 0 Å². The van der Waals surface area contributed by atoms with Crippen molar-refractivity contribution in [3.8, 4) is 0 Å². The molecule has 7 heteroatoms. The monoisotopic (exact) mass is 312 g/mol. The second-order valence-electron chi connectivity index (χ2n) is 4.56. The van der Waals surface area contributed by atoms with Crippen molar-refractivity contribution in [1.29, 1.82) is 0 Å². The fraction of sp³-hybridized carbons (Fsp3) is 0.143. The van der Waals surface area contributed by atoms with Crippen molar-refractivity contribution >= 4 is 15.7 Å². The van der Waals surface area contributed by atoms with E-state index >= 15 is 0 Å². The zero-order valence-electron chi connectivity index (χ0n) is 11.2. The van der Waals surface area contributed by atoms with Crippen LogP contribution >= 0.6 is 0 Å². The molecule has 0 bridgehead atoms. The Balaban J connectivity index is 2.43. The van der Waals surface area contributed by atoms with Gasteiger partial charge in [-0.25, -0.2) is 17.2 Å². The Kier molecular flexibility index (Phi) is 4.24. The van der Waals surface area contributed by atoms with Crippen molar-refractivity contribution in [2.45, 2.75) is 17.9 Å². The van der Waals surface area contributed by atoms with Gasteiger partial charge in [0.25, 0.3) is 10.0 Å². The lowest BCUT2D eigenvalue weighted by Gasteiger charge is -2.15. The lowest BCUT2D eigenvalue weighted by Crippen LogP contribution is -2.17. The topological polar surface area (TPSA) is 72.2 Å². The molecule has 112 valence electrons. The van der Waals surface area contributed by atoms with Gasteiger partial charge in [0.2, 0.25) is 0 Å². The molecule has 3 N–H and O–H groups in total. The van der Waals surface area contributed by atoms with Gasteiger partial charge in [0.05, 0.1) is 5.69 Å². The van der Waals surface area contributed by atoms with Gasteiger partial charge < -0.3 is 5.73 Å². The van der Waals surface area contributed by atoms with Crippen LogP contribution < -0.4 is 10.5 Å². The van der Waals surface area contributed by atoms with Crippen molar-refractivity contribution in [3.63, 3.8) is 0 Å². The summed E-state index contributed by atoms with van der Waals surface area (Å²) in [5, 5.41) is 0. The maximum atomic E-state index is 13.6. The first-order valence-corrected chi connectivity index (χ1v) is 7.62. The highest BCUT2D eigenvalue weighted by molar-refractivity contribution is 7.92. The highest BCUT2D eigenvalue weighted by atomic mass is 32.2. The summed E-state index contributed by atoms with van der Waals surface area (Å²) in [5.74, 6) is -2.00. The zero-order valence-corrected chi connectivity index (χ0v) is 12.0. The van der Waals surface area contributed by atoms with Crippen molar-refractivity contribution in [2.24, 2.45) is 5.73 Å². The Morgan fingerprint density at radius 2 is 1.81 bits per heavy atom. The number of halogens is 2. The van der Waals surface area contributed by atoms with E-state index in [1.54, 1.807) is 25.1 Å². The molecule has 0 heterocycles. The standard InChI is InChI=1S/C14H14F2N2O2S/c1-9(17)11-4-2-3-5-13(11)18-21(19,20)14-7-6-10(15)8-12(14)16/h2-9,18H,17H2,1H3. The van der Waals surface area contributed by atoms with Gasteiger partial charge in [0.15, 0.2) is 0 Å². The number of benzene rings is 2. The molecule has 0 amide bonds. The second kappa shape index (κ2) is 5.79. The molecule has 1 unspecified atom stereocenters. The van der Waals surface area contributed by atoms with E-state index in [0.29, 0.717) is 11.6 Å². The number of sulfonamides is 1. The molecule has 0 aliphatic carbocycles. The third kappa shape index (κ3) is 3.37. The predicted molar refractivity (Wildman–Crippen MR) is 76.2 cm³/mol. The largest absolute Gasteiger partial charge is 0.324 e. The molecule has 0 radical (unpaired) electrons. The van der Waals surface area contributed by atoms with E-state index in [2.05, 4.69) is 4.72 Å². The maximum absolute atomic E-state index is 13.6. The van der Waals surface area contributed by atoms with Crippen LogP contribution in [0.3, 0.4) is 0 Å². The number of nitrogens with one attached hydrogen (secondary N) is 1. The summed E-state index contributed by atoms with van der Waals surface area (Å²) >= 11 is 0. The Morgan fingerprint density at radius 3 is 2.43 bits per heavy atom. The normalized spacial score (nSPS) is 13.0. The van der Waals surface area contributed by atoms with E-state index in [1.165, 1.54) is 6.07 Å². The molecule has 1 atom stereocenters. The second-order valence-corrected chi connectivity index (χ2v) is 6.21. The smallest absolute Gasteiger partial charge is 0.264 e. The minimum Gasteiger partial charge on any atom is -0.324 e. The zero-order chi connectivity index (χ0) is 15.6. The fourth-order valence-corrected chi connectivity index (χ4v) is 3.03. The van der Waals surface area contributed by atoms with E-state index < -0.39 is 32.6 Å². The van der Waals surface area contributed by atoms with Crippen LogP contribution in [0, 0.1) is 11.6 Å². The van der Waals surface area contributed by atoms with Crippen LogP contribution in [0.15, 0.2) is 47.4 Å². The molecular formula is C14H14F2N2O2S. The first-order valence-electron chi connectivity index (χ1n) is 6.13. The molecule has 2 aromatic carbocycles. The van der Waals surface area contributed by atoms with Gasteiger partial charge in [-0.1, -0.05) is 18.2 Å². The van der Waals surface area contributed by atoms with Crippen molar-refractivity contribution in [1.82, 2.24) is 0 Å². The van der Waals surface area contributed by atoms with Crippen LogP contribution in [-0.2, 0) is 10.0 Å². The molecule has 2 aromatic rings. The predicted octanol–water partition coefficient (Wildman–Crippen LogP) is 2.79. The first kappa shape index (κ1) is 15.4. The average Bonchev–Trinajstić information content (AvgIpc) is 2.37. The van der Waals surface area contributed by atoms with E-state index in [-0.39, 0.29) is 5.69 Å². The molecular weight excluding hydrogens is 298 g/mol. The Morgan fingerprint density at radius 1 is 1.14 bits per heavy atom.